The van der Waals surface area contributed by atoms with Crippen molar-refractivity contribution in [3.8, 4) is 0 Å². The summed E-state index contributed by atoms with van der Waals surface area (Å²) in [6, 6.07) is 4.02. The lowest BCUT2D eigenvalue weighted by molar-refractivity contribution is 0.199. The largest absolute Gasteiger partial charge is 0.395 e. The van der Waals surface area contributed by atoms with Gasteiger partial charge in [-0.2, -0.15) is 0 Å². The van der Waals surface area contributed by atoms with Crippen LogP contribution < -0.4 is 4.90 Å². The molecule has 1 unspecified atom stereocenters. The van der Waals surface area contributed by atoms with E-state index in [1.165, 1.54) is 0 Å². The average Bonchev–Trinajstić information content (AvgIpc) is 2.25. The van der Waals surface area contributed by atoms with Gasteiger partial charge in [0.05, 0.1) is 12.7 Å². The molecule has 0 spiro atoms. The Balaban J connectivity index is 2.85. The molecule has 1 aromatic rings. The van der Waals surface area contributed by atoms with Gasteiger partial charge in [-0.05, 0) is 32.4 Å². The van der Waals surface area contributed by atoms with Gasteiger partial charge in [0, 0.05) is 18.8 Å². The van der Waals surface area contributed by atoms with Gasteiger partial charge in [-0.15, -0.1) is 0 Å². The van der Waals surface area contributed by atoms with Crippen molar-refractivity contribution in [1.29, 1.82) is 0 Å². The summed E-state index contributed by atoms with van der Waals surface area (Å²) in [4.78, 5) is 6.31. The van der Waals surface area contributed by atoms with Crippen molar-refractivity contribution in [3.63, 3.8) is 0 Å². The Morgan fingerprint density at radius 1 is 1.31 bits per heavy atom. The van der Waals surface area contributed by atoms with Crippen LogP contribution in [0.5, 0.6) is 0 Å². The minimum Gasteiger partial charge on any atom is -0.395 e. The fourth-order valence-electron chi connectivity index (χ4n) is 1.56. The highest BCUT2D eigenvalue weighted by molar-refractivity contribution is 5.40. The molecule has 2 N–H and O–H groups in total. The predicted molar refractivity (Wildman–Crippen MR) is 64.4 cm³/mol. The molecule has 0 aliphatic rings. The van der Waals surface area contributed by atoms with E-state index >= 15 is 0 Å². The molecule has 4 nitrogen and oxygen atoms in total. The smallest absolute Gasteiger partial charge is 0.128 e. The first kappa shape index (κ1) is 12.9. The summed E-state index contributed by atoms with van der Waals surface area (Å²) >= 11 is 0. The molecule has 16 heavy (non-hydrogen) atoms. The van der Waals surface area contributed by atoms with Crippen molar-refractivity contribution < 1.29 is 10.2 Å². The third kappa shape index (κ3) is 3.18. The lowest BCUT2D eigenvalue weighted by atomic mass is 10.2. The Morgan fingerprint density at radius 3 is 2.38 bits per heavy atom. The lowest BCUT2D eigenvalue weighted by Crippen LogP contribution is -2.34. The summed E-state index contributed by atoms with van der Waals surface area (Å²) in [5.41, 5.74) is 0.802. The first-order chi connectivity index (χ1) is 7.56. The molecule has 0 amide bonds. The van der Waals surface area contributed by atoms with Crippen LogP contribution in [0.3, 0.4) is 0 Å². The third-order valence-corrected chi connectivity index (χ3v) is 2.51. The van der Waals surface area contributed by atoms with E-state index in [1.807, 2.05) is 17.0 Å². The number of pyridine rings is 1. The number of aliphatic hydroxyl groups excluding tert-OH is 2. The Kier molecular flexibility index (Phi) is 4.71. The van der Waals surface area contributed by atoms with E-state index in [4.69, 9.17) is 5.11 Å². The Labute approximate surface area is 96.6 Å². The van der Waals surface area contributed by atoms with E-state index < -0.39 is 6.10 Å². The van der Waals surface area contributed by atoms with Crippen molar-refractivity contribution in [2.24, 2.45) is 0 Å². The monoisotopic (exact) mass is 224 g/mol. The summed E-state index contributed by atoms with van der Waals surface area (Å²) < 4.78 is 0. The van der Waals surface area contributed by atoms with Crippen LogP contribution >= 0.6 is 0 Å². The minimum absolute atomic E-state index is 0.109. The van der Waals surface area contributed by atoms with Gasteiger partial charge in [0.1, 0.15) is 5.82 Å². The highest BCUT2D eigenvalue weighted by Crippen LogP contribution is 2.17. The molecule has 1 atom stereocenters. The van der Waals surface area contributed by atoms with Gasteiger partial charge in [0.15, 0.2) is 0 Å². The molecule has 0 bridgehead atoms. The molecule has 4 heteroatoms. The van der Waals surface area contributed by atoms with Crippen molar-refractivity contribution in [2.75, 3.05) is 18.1 Å². The van der Waals surface area contributed by atoms with E-state index in [-0.39, 0.29) is 12.6 Å². The zero-order valence-electron chi connectivity index (χ0n) is 10.1. The maximum atomic E-state index is 9.37. The maximum absolute atomic E-state index is 9.37. The van der Waals surface area contributed by atoms with E-state index in [2.05, 4.69) is 18.8 Å². The second-order valence-electron chi connectivity index (χ2n) is 4.14. The van der Waals surface area contributed by atoms with Gasteiger partial charge in [-0.3, -0.25) is 0 Å². The molecule has 0 saturated carbocycles. The fraction of sp³-hybridized carbons (Fsp3) is 0.583. The molecule has 0 saturated heterocycles. The Morgan fingerprint density at radius 2 is 2.00 bits per heavy atom. The van der Waals surface area contributed by atoms with Crippen LogP contribution in [0, 0.1) is 0 Å². The maximum Gasteiger partial charge on any atom is 0.128 e. The fourth-order valence-corrected chi connectivity index (χ4v) is 1.56. The number of hydrogen-bond acceptors (Lipinski definition) is 4. The van der Waals surface area contributed by atoms with Gasteiger partial charge in [-0.25, -0.2) is 4.98 Å². The highest BCUT2D eigenvalue weighted by Gasteiger charge is 2.11. The Hall–Kier alpha value is -1.13. The number of anilines is 1. The number of aromatic nitrogens is 1. The van der Waals surface area contributed by atoms with Crippen LogP contribution in [0.1, 0.15) is 32.4 Å². The summed E-state index contributed by atoms with van der Waals surface area (Å²) in [6.07, 6.45) is 1.18. The number of aliphatic hydroxyl groups is 2. The minimum atomic E-state index is -0.494. The van der Waals surface area contributed by atoms with E-state index in [0.29, 0.717) is 6.54 Å². The molecular formula is C12H20N2O2. The summed E-state index contributed by atoms with van der Waals surface area (Å²) in [7, 11) is 0. The molecule has 0 aliphatic heterocycles. The summed E-state index contributed by atoms with van der Waals surface area (Å²) in [6.45, 7) is 6.50. The van der Waals surface area contributed by atoms with Gasteiger partial charge >= 0.3 is 0 Å². The van der Waals surface area contributed by atoms with E-state index in [9.17, 15) is 5.11 Å². The molecule has 0 radical (unpaired) electrons. The highest BCUT2D eigenvalue weighted by atomic mass is 16.3. The quantitative estimate of drug-likeness (QED) is 0.792. The number of hydrogen-bond donors (Lipinski definition) is 2. The van der Waals surface area contributed by atoms with Crippen LogP contribution in [0.25, 0.3) is 0 Å². The zero-order chi connectivity index (χ0) is 12.1. The van der Waals surface area contributed by atoms with Crippen LogP contribution in [0.15, 0.2) is 18.3 Å². The van der Waals surface area contributed by atoms with Crippen molar-refractivity contribution in [3.05, 3.63) is 23.9 Å². The van der Waals surface area contributed by atoms with E-state index in [0.717, 1.165) is 11.4 Å². The molecule has 1 aromatic heterocycles. The van der Waals surface area contributed by atoms with Gasteiger partial charge in [-0.1, -0.05) is 6.07 Å². The number of rotatable bonds is 5. The molecule has 90 valence electrons. The normalized spacial score (nSPS) is 12.9. The van der Waals surface area contributed by atoms with Gasteiger partial charge < -0.3 is 15.1 Å². The molecule has 0 fully saturated rings. The van der Waals surface area contributed by atoms with Crippen LogP contribution in [-0.4, -0.2) is 34.4 Å². The predicted octanol–water partition coefficient (Wildman–Crippen LogP) is 1.34. The second-order valence-corrected chi connectivity index (χ2v) is 4.14. The van der Waals surface area contributed by atoms with Crippen LogP contribution in [0.2, 0.25) is 0 Å². The van der Waals surface area contributed by atoms with Gasteiger partial charge in [0.25, 0.3) is 0 Å². The molecule has 0 aromatic carbocycles. The van der Waals surface area contributed by atoms with Crippen molar-refractivity contribution in [2.45, 2.75) is 32.9 Å². The number of nitrogens with zero attached hydrogens (tertiary/aromatic N) is 2. The first-order valence-corrected chi connectivity index (χ1v) is 5.57. The standard InChI is InChI=1S/C12H20N2O2/c1-9(2)14(6-7-15)12-5-4-11(8-13-12)10(3)16/h4-5,8-10,15-16H,6-7H2,1-3H3. The third-order valence-electron chi connectivity index (χ3n) is 2.51. The summed E-state index contributed by atoms with van der Waals surface area (Å²) in [5, 5.41) is 18.4. The molecular weight excluding hydrogens is 204 g/mol. The zero-order valence-corrected chi connectivity index (χ0v) is 10.1. The van der Waals surface area contributed by atoms with Crippen molar-refractivity contribution in [1.82, 2.24) is 4.98 Å². The van der Waals surface area contributed by atoms with Gasteiger partial charge in [0.2, 0.25) is 0 Å². The SMILES string of the molecule is CC(O)c1ccc(N(CCO)C(C)C)nc1. The summed E-state index contributed by atoms with van der Waals surface area (Å²) in [5.74, 6) is 0.827. The van der Waals surface area contributed by atoms with Crippen LogP contribution in [0.4, 0.5) is 5.82 Å². The first-order valence-electron chi connectivity index (χ1n) is 5.57. The van der Waals surface area contributed by atoms with Crippen LogP contribution in [-0.2, 0) is 0 Å². The van der Waals surface area contributed by atoms with Crippen molar-refractivity contribution >= 4 is 5.82 Å². The Bertz CT molecular complexity index is 309. The topological polar surface area (TPSA) is 56.6 Å². The molecule has 1 heterocycles. The molecule has 0 aliphatic carbocycles. The molecule has 1 rings (SSSR count). The second kappa shape index (κ2) is 5.82. The average molecular weight is 224 g/mol. The lowest BCUT2D eigenvalue weighted by Gasteiger charge is -2.27. The van der Waals surface area contributed by atoms with E-state index in [1.54, 1.807) is 13.1 Å².